The van der Waals surface area contributed by atoms with Gasteiger partial charge in [-0.1, -0.05) is 5.16 Å². The lowest BCUT2D eigenvalue weighted by molar-refractivity contribution is 0.170. The summed E-state index contributed by atoms with van der Waals surface area (Å²) in [5.74, 6) is 0.233. The van der Waals surface area contributed by atoms with Crippen LogP contribution in [0.3, 0.4) is 0 Å². The summed E-state index contributed by atoms with van der Waals surface area (Å²) in [6, 6.07) is 0. The van der Waals surface area contributed by atoms with Crippen LogP contribution >= 0.6 is 0 Å². The fourth-order valence-corrected chi connectivity index (χ4v) is 1.41. The Hall–Kier alpha value is -1.89. The number of ether oxygens (including phenoxy) is 2. The maximum atomic E-state index is 8.78. The third-order valence-corrected chi connectivity index (χ3v) is 2.52. The number of hydrogen-bond donors (Lipinski definition) is 2. The van der Waals surface area contributed by atoms with Crippen molar-refractivity contribution < 1.29 is 14.7 Å². The number of methoxy groups -OCH3 is 1. The molecule has 1 rings (SSSR count). The van der Waals surface area contributed by atoms with E-state index in [1.807, 2.05) is 6.92 Å². The van der Waals surface area contributed by atoms with Gasteiger partial charge in [0, 0.05) is 20.1 Å². The molecular weight excluding hydrogens is 236 g/mol. The van der Waals surface area contributed by atoms with Crippen LogP contribution in [0.4, 0.5) is 0 Å². The zero-order chi connectivity index (χ0) is 13.5. The van der Waals surface area contributed by atoms with Crippen molar-refractivity contribution in [2.75, 3.05) is 20.3 Å². The molecular formula is C11H18N4O3. The van der Waals surface area contributed by atoms with E-state index < -0.39 is 0 Å². The summed E-state index contributed by atoms with van der Waals surface area (Å²) in [7, 11) is 1.62. The molecule has 0 fully saturated rings. The minimum absolute atomic E-state index is 0.0350. The van der Waals surface area contributed by atoms with E-state index in [1.54, 1.807) is 14.0 Å². The van der Waals surface area contributed by atoms with Crippen LogP contribution in [0.25, 0.3) is 0 Å². The van der Waals surface area contributed by atoms with Crippen molar-refractivity contribution in [3.05, 3.63) is 16.8 Å². The molecule has 0 saturated heterocycles. The highest BCUT2D eigenvalue weighted by molar-refractivity contribution is 6.00. The van der Waals surface area contributed by atoms with E-state index in [0.717, 1.165) is 12.0 Å². The molecule has 7 heteroatoms. The Morgan fingerprint density at radius 1 is 1.33 bits per heavy atom. The first kappa shape index (κ1) is 14.2. The number of aromatic nitrogens is 2. The molecule has 0 atom stereocenters. The van der Waals surface area contributed by atoms with Gasteiger partial charge in [-0.05, 0) is 19.4 Å². The fourth-order valence-electron chi connectivity index (χ4n) is 1.41. The number of nitrogens with zero attached hydrogens (tertiary/aromatic N) is 3. The summed E-state index contributed by atoms with van der Waals surface area (Å²) in [6.45, 7) is 4.64. The quantitative estimate of drug-likeness (QED) is 0.253. The first-order valence-electron chi connectivity index (χ1n) is 5.55. The molecule has 18 heavy (non-hydrogen) atoms. The van der Waals surface area contributed by atoms with Crippen LogP contribution in [-0.2, 0) is 4.74 Å². The third kappa shape index (κ3) is 3.30. The molecule has 0 spiro atoms. The smallest absolute Gasteiger partial charge is 0.244 e. The van der Waals surface area contributed by atoms with Crippen molar-refractivity contribution in [2.45, 2.75) is 20.3 Å². The minimum atomic E-state index is -0.0350. The highest BCUT2D eigenvalue weighted by Crippen LogP contribution is 2.20. The topological polar surface area (TPSA) is 103 Å². The molecule has 0 unspecified atom stereocenters. The number of amidine groups is 1. The van der Waals surface area contributed by atoms with E-state index in [4.69, 9.17) is 20.4 Å². The van der Waals surface area contributed by atoms with Crippen LogP contribution < -0.4 is 10.5 Å². The second kappa shape index (κ2) is 6.75. The average Bonchev–Trinajstić information content (AvgIpc) is 2.38. The van der Waals surface area contributed by atoms with Gasteiger partial charge in [0.1, 0.15) is 0 Å². The van der Waals surface area contributed by atoms with Gasteiger partial charge >= 0.3 is 0 Å². The van der Waals surface area contributed by atoms with E-state index in [9.17, 15) is 0 Å². The summed E-state index contributed by atoms with van der Waals surface area (Å²) in [5, 5.41) is 19.6. The molecule has 0 saturated carbocycles. The highest BCUT2D eigenvalue weighted by atomic mass is 16.5. The Morgan fingerprint density at radius 3 is 2.67 bits per heavy atom. The van der Waals surface area contributed by atoms with E-state index >= 15 is 0 Å². The maximum absolute atomic E-state index is 8.78. The summed E-state index contributed by atoms with van der Waals surface area (Å²) < 4.78 is 10.4. The standard InChI is InChI=1S/C11H18N4O3/c1-7-8(2)13-14-11(9(7)10(12)15-16)18-6-4-5-17-3/h16H,4-6H2,1-3H3,(H2,12,15). The molecule has 0 bridgehead atoms. The van der Waals surface area contributed by atoms with E-state index in [0.29, 0.717) is 24.5 Å². The largest absolute Gasteiger partial charge is 0.476 e. The van der Waals surface area contributed by atoms with Crippen LogP contribution in [0.2, 0.25) is 0 Å². The van der Waals surface area contributed by atoms with Crippen LogP contribution in [0.15, 0.2) is 5.16 Å². The Morgan fingerprint density at radius 2 is 2.06 bits per heavy atom. The first-order chi connectivity index (χ1) is 8.61. The molecule has 1 heterocycles. The van der Waals surface area contributed by atoms with Crippen molar-refractivity contribution >= 4 is 5.84 Å². The average molecular weight is 254 g/mol. The van der Waals surface area contributed by atoms with Crippen molar-refractivity contribution in [1.82, 2.24) is 10.2 Å². The van der Waals surface area contributed by atoms with Crippen LogP contribution in [0, 0.1) is 13.8 Å². The number of oxime groups is 1. The van der Waals surface area contributed by atoms with Gasteiger partial charge in [-0.25, -0.2) is 0 Å². The summed E-state index contributed by atoms with van der Waals surface area (Å²) in [5.41, 5.74) is 7.59. The van der Waals surface area contributed by atoms with Gasteiger partial charge in [0.2, 0.25) is 5.88 Å². The second-order valence-electron chi connectivity index (χ2n) is 3.77. The van der Waals surface area contributed by atoms with Gasteiger partial charge in [-0.2, -0.15) is 5.10 Å². The van der Waals surface area contributed by atoms with Crippen LogP contribution in [0.5, 0.6) is 5.88 Å². The molecule has 1 aromatic heterocycles. The lowest BCUT2D eigenvalue weighted by Crippen LogP contribution is -2.19. The fraction of sp³-hybridized carbons (Fsp3) is 0.545. The van der Waals surface area contributed by atoms with Crippen molar-refractivity contribution in [3.8, 4) is 5.88 Å². The molecule has 0 aliphatic carbocycles. The Balaban J connectivity index is 2.93. The molecule has 3 N–H and O–H groups in total. The zero-order valence-corrected chi connectivity index (χ0v) is 10.8. The molecule has 0 aliphatic rings. The lowest BCUT2D eigenvalue weighted by Gasteiger charge is -2.12. The Labute approximate surface area is 106 Å². The molecule has 100 valence electrons. The number of rotatable bonds is 6. The van der Waals surface area contributed by atoms with Gasteiger partial charge in [0.15, 0.2) is 5.84 Å². The molecule has 0 aliphatic heterocycles. The zero-order valence-electron chi connectivity index (χ0n) is 10.8. The predicted octanol–water partition coefficient (Wildman–Crippen LogP) is 0.603. The molecule has 0 aromatic carbocycles. The Kier molecular flexibility index (Phi) is 5.31. The Bertz CT molecular complexity index is 435. The monoisotopic (exact) mass is 254 g/mol. The number of nitrogens with two attached hydrogens (primary N) is 1. The van der Waals surface area contributed by atoms with Crippen LogP contribution in [0.1, 0.15) is 23.2 Å². The second-order valence-corrected chi connectivity index (χ2v) is 3.77. The number of hydrogen-bond acceptors (Lipinski definition) is 6. The van der Waals surface area contributed by atoms with Crippen LogP contribution in [-0.4, -0.2) is 41.6 Å². The van der Waals surface area contributed by atoms with Gasteiger partial charge in [-0.15, -0.1) is 5.10 Å². The predicted molar refractivity (Wildman–Crippen MR) is 66.0 cm³/mol. The van der Waals surface area contributed by atoms with Crippen molar-refractivity contribution in [2.24, 2.45) is 10.9 Å². The van der Waals surface area contributed by atoms with Gasteiger partial charge in [0.05, 0.1) is 17.9 Å². The number of aryl methyl sites for hydroxylation is 1. The maximum Gasteiger partial charge on any atom is 0.244 e. The van der Waals surface area contributed by atoms with Crippen molar-refractivity contribution in [3.63, 3.8) is 0 Å². The van der Waals surface area contributed by atoms with E-state index in [2.05, 4.69) is 15.4 Å². The third-order valence-electron chi connectivity index (χ3n) is 2.52. The summed E-state index contributed by atoms with van der Waals surface area (Å²) >= 11 is 0. The normalized spacial score (nSPS) is 11.6. The van der Waals surface area contributed by atoms with Gasteiger partial charge < -0.3 is 20.4 Å². The molecule has 0 amide bonds. The highest BCUT2D eigenvalue weighted by Gasteiger charge is 2.16. The SMILES string of the molecule is COCCCOc1nnc(C)c(C)c1/C(N)=N/O. The first-order valence-corrected chi connectivity index (χ1v) is 5.55. The van der Waals surface area contributed by atoms with Gasteiger partial charge in [-0.3, -0.25) is 0 Å². The van der Waals surface area contributed by atoms with Gasteiger partial charge in [0.25, 0.3) is 0 Å². The summed E-state index contributed by atoms with van der Waals surface area (Å²) in [6.07, 6.45) is 0.723. The van der Waals surface area contributed by atoms with Crippen molar-refractivity contribution in [1.29, 1.82) is 0 Å². The molecule has 0 radical (unpaired) electrons. The van der Waals surface area contributed by atoms with E-state index in [-0.39, 0.29) is 11.7 Å². The molecule has 1 aromatic rings. The summed E-state index contributed by atoms with van der Waals surface area (Å²) in [4.78, 5) is 0. The lowest BCUT2D eigenvalue weighted by atomic mass is 10.1. The minimum Gasteiger partial charge on any atom is -0.476 e. The van der Waals surface area contributed by atoms with E-state index in [1.165, 1.54) is 0 Å². The molecule has 7 nitrogen and oxygen atoms in total.